The van der Waals surface area contributed by atoms with Crippen LogP contribution in [0.2, 0.25) is 0 Å². The van der Waals surface area contributed by atoms with Crippen LogP contribution in [-0.4, -0.2) is 77.7 Å². The highest BCUT2D eigenvalue weighted by molar-refractivity contribution is 6.00. The Morgan fingerprint density at radius 2 is 1.49 bits per heavy atom. The van der Waals surface area contributed by atoms with E-state index in [9.17, 15) is 33.1 Å². The zero-order valence-electron chi connectivity index (χ0n) is 29.8. The molecule has 2 aromatic carbocycles. The van der Waals surface area contributed by atoms with E-state index >= 15 is 0 Å². The van der Waals surface area contributed by atoms with Gasteiger partial charge in [-0.15, -0.1) is 0 Å². The molecule has 2 aromatic rings. The van der Waals surface area contributed by atoms with Crippen molar-refractivity contribution in [3.63, 3.8) is 0 Å². The van der Waals surface area contributed by atoms with Crippen molar-refractivity contribution in [1.82, 2.24) is 20.9 Å². The summed E-state index contributed by atoms with van der Waals surface area (Å²) in [5.74, 6) is -2.51. The Morgan fingerprint density at radius 3 is 2.10 bits per heavy atom. The average molecular weight is 689 g/mol. The Morgan fingerprint density at radius 1 is 0.857 bits per heavy atom. The van der Waals surface area contributed by atoms with Crippen LogP contribution < -0.4 is 16.0 Å². The number of alkyl carbamates (subject to hydrolysis) is 1. The number of rotatable bonds is 19. The number of hydrogen-bond donors (Lipinski definition) is 4. The number of carbonyl (C=O) groups excluding carboxylic acids is 4. The minimum atomic E-state index is -1.18. The molecule has 0 aliphatic heterocycles. The molecule has 2 rings (SSSR count). The highest BCUT2D eigenvalue weighted by Gasteiger charge is 2.25. The summed E-state index contributed by atoms with van der Waals surface area (Å²) in [6, 6.07) is 6.93. The summed E-state index contributed by atoms with van der Waals surface area (Å²) < 4.78 is 33.2. The molecule has 4 amide bonds. The van der Waals surface area contributed by atoms with Gasteiger partial charge in [0.25, 0.3) is 11.8 Å². The maximum Gasteiger partial charge on any atom is 0.407 e. The second-order valence-corrected chi connectivity index (χ2v) is 13.4. The van der Waals surface area contributed by atoms with Gasteiger partial charge < -0.3 is 30.7 Å². The minimum Gasteiger partial charge on any atom is -0.444 e. The van der Waals surface area contributed by atoms with Crippen LogP contribution in [0.25, 0.3) is 0 Å². The monoisotopic (exact) mass is 688 g/mol. The number of aliphatic hydroxyl groups is 1. The van der Waals surface area contributed by atoms with Crippen LogP contribution in [-0.2, 0) is 16.0 Å². The van der Waals surface area contributed by atoms with Crippen LogP contribution in [0, 0.1) is 18.6 Å². The molecule has 0 aliphatic carbocycles. The van der Waals surface area contributed by atoms with Crippen LogP contribution in [0.1, 0.15) is 111 Å². The smallest absolute Gasteiger partial charge is 0.407 e. The average Bonchev–Trinajstić information content (AvgIpc) is 3.00. The van der Waals surface area contributed by atoms with Crippen LogP contribution in [0.5, 0.6) is 0 Å². The van der Waals surface area contributed by atoms with Gasteiger partial charge in [0.15, 0.2) is 0 Å². The lowest BCUT2D eigenvalue weighted by Crippen LogP contribution is -2.46. The number of halogens is 2. The van der Waals surface area contributed by atoms with E-state index < -0.39 is 41.4 Å². The number of nitrogens with zero attached hydrogens (tertiary/aromatic N) is 1. The Labute approximate surface area is 289 Å². The van der Waals surface area contributed by atoms with Gasteiger partial charge in [-0.3, -0.25) is 14.4 Å². The van der Waals surface area contributed by atoms with E-state index in [4.69, 9.17) is 4.74 Å². The summed E-state index contributed by atoms with van der Waals surface area (Å²) >= 11 is 0. The summed E-state index contributed by atoms with van der Waals surface area (Å²) in [7, 11) is 0. The summed E-state index contributed by atoms with van der Waals surface area (Å²) in [4.78, 5) is 52.6. The number of ether oxygens (including phenoxy) is 1. The zero-order valence-corrected chi connectivity index (χ0v) is 29.8. The predicted molar refractivity (Wildman–Crippen MR) is 185 cm³/mol. The topological polar surface area (TPSA) is 137 Å². The predicted octanol–water partition coefficient (Wildman–Crippen LogP) is 5.83. The molecule has 0 unspecified atom stereocenters. The molecule has 0 aromatic heterocycles. The number of carbonyl (C=O) groups is 4. The fourth-order valence-corrected chi connectivity index (χ4v) is 5.33. The number of amides is 4. The largest absolute Gasteiger partial charge is 0.444 e. The van der Waals surface area contributed by atoms with Crippen molar-refractivity contribution in [1.29, 1.82) is 0 Å². The third-order valence-electron chi connectivity index (χ3n) is 7.53. The summed E-state index contributed by atoms with van der Waals surface area (Å²) in [6.45, 7) is 12.8. The third-order valence-corrected chi connectivity index (χ3v) is 7.53. The molecular formula is C37H54F2N4O6. The molecule has 0 spiro atoms. The molecular weight excluding hydrogens is 634 g/mol. The maximum absolute atomic E-state index is 14.0. The van der Waals surface area contributed by atoms with Crippen molar-refractivity contribution in [3.8, 4) is 0 Å². The Bertz CT molecular complexity index is 1370. The van der Waals surface area contributed by atoms with Gasteiger partial charge in [0, 0.05) is 49.8 Å². The molecule has 272 valence electrons. The van der Waals surface area contributed by atoms with Crippen molar-refractivity contribution >= 4 is 23.8 Å². The van der Waals surface area contributed by atoms with E-state index in [1.807, 2.05) is 13.8 Å². The van der Waals surface area contributed by atoms with Gasteiger partial charge in [0.05, 0.1) is 12.1 Å². The number of benzene rings is 2. The van der Waals surface area contributed by atoms with Gasteiger partial charge in [-0.25, -0.2) is 13.6 Å². The highest BCUT2D eigenvalue weighted by Crippen LogP contribution is 2.17. The second kappa shape index (κ2) is 20.5. The van der Waals surface area contributed by atoms with Gasteiger partial charge in [0.1, 0.15) is 17.2 Å². The van der Waals surface area contributed by atoms with Crippen molar-refractivity contribution in [2.45, 2.75) is 111 Å². The molecule has 49 heavy (non-hydrogen) atoms. The lowest BCUT2D eigenvalue weighted by Gasteiger charge is -2.25. The molecule has 0 saturated carbocycles. The SMILES string of the molecule is CCCN(CCC)C(=O)c1cc(C)cc(C(=O)N[C@@H](Cc2cc(F)cc(F)c2)[C@@H](O)CCNC(=O)CCCCCNC(=O)OC(C)(C)C)c1. The molecule has 0 fully saturated rings. The number of nitrogens with one attached hydrogen (secondary N) is 3. The lowest BCUT2D eigenvalue weighted by atomic mass is 9.97. The Balaban J connectivity index is 2.02. The molecule has 12 heteroatoms. The van der Waals surface area contributed by atoms with Crippen molar-refractivity contribution in [2.75, 3.05) is 26.2 Å². The minimum absolute atomic E-state index is 0.0643. The van der Waals surface area contributed by atoms with Crippen LogP contribution in [0.4, 0.5) is 13.6 Å². The van der Waals surface area contributed by atoms with E-state index in [-0.39, 0.29) is 48.7 Å². The van der Waals surface area contributed by atoms with Gasteiger partial charge >= 0.3 is 6.09 Å². The van der Waals surface area contributed by atoms with Gasteiger partial charge in [0.2, 0.25) is 5.91 Å². The number of aliphatic hydroxyl groups excluding tert-OH is 1. The molecule has 2 atom stereocenters. The highest BCUT2D eigenvalue weighted by atomic mass is 19.1. The Kier molecular flexibility index (Phi) is 17.2. The normalized spacial score (nSPS) is 12.5. The van der Waals surface area contributed by atoms with Crippen LogP contribution >= 0.6 is 0 Å². The van der Waals surface area contributed by atoms with Gasteiger partial charge in [-0.1, -0.05) is 20.3 Å². The van der Waals surface area contributed by atoms with Crippen LogP contribution in [0.3, 0.4) is 0 Å². The van der Waals surface area contributed by atoms with E-state index in [1.165, 1.54) is 6.07 Å². The number of unbranched alkanes of at least 4 members (excludes halogenated alkanes) is 2. The summed E-state index contributed by atoms with van der Waals surface area (Å²) in [6.07, 6.45) is 2.16. The standard InChI is InChI=1S/C37H54F2N4O6/c1-7-16-43(17-8-2)35(47)28-19-25(3)18-27(23-28)34(46)42-31(22-26-20-29(38)24-30(39)21-26)32(44)13-15-40-33(45)12-10-9-11-14-41-36(48)49-37(4,5)6/h18-21,23-24,31-32,44H,7-17,22H2,1-6H3,(H,40,45)(H,41,48)(H,42,46)/t31-,32-/m0/s1. The number of hydrogen-bond acceptors (Lipinski definition) is 6. The first-order valence-corrected chi connectivity index (χ1v) is 17.2. The van der Waals surface area contributed by atoms with E-state index in [2.05, 4.69) is 16.0 Å². The van der Waals surface area contributed by atoms with E-state index in [1.54, 1.807) is 44.7 Å². The molecule has 0 heterocycles. The first-order chi connectivity index (χ1) is 23.1. The third kappa shape index (κ3) is 15.8. The van der Waals surface area contributed by atoms with Crippen molar-refractivity contribution in [2.24, 2.45) is 0 Å². The molecule has 4 N–H and O–H groups in total. The Hall–Kier alpha value is -4.06. The molecule has 0 bridgehead atoms. The maximum atomic E-state index is 14.0. The fraction of sp³-hybridized carbons (Fsp3) is 0.568. The van der Waals surface area contributed by atoms with Crippen molar-refractivity contribution in [3.05, 3.63) is 70.3 Å². The van der Waals surface area contributed by atoms with Gasteiger partial charge in [-0.05, 0) is 108 Å². The second-order valence-electron chi connectivity index (χ2n) is 13.4. The van der Waals surface area contributed by atoms with Gasteiger partial charge in [-0.2, -0.15) is 0 Å². The molecule has 10 nitrogen and oxygen atoms in total. The zero-order chi connectivity index (χ0) is 36.6. The summed E-state index contributed by atoms with van der Waals surface area (Å²) in [5, 5.41) is 19.4. The van der Waals surface area contributed by atoms with Crippen LogP contribution in [0.15, 0.2) is 36.4 Å². The fourth-order valence-electron chi connectivity index (χ4n) is 5.33. The number of aryl methyl sites for hydroxylation is 1. The van der Waals surface area contributed by atoms with E-state index in [0.29, 0.717) is 50.0 Å². The molecule has 0 radical (unpaired) electrons. The van der Waals surface area contributed by atoms with Crippen molar-refractivity contribution < 1.29 is 37.8 Å². The first kappa shape index (κ1) is 41.1. The molecule has 0 saturated heterocycles. The lowest BCUT2D eigenvalue weighted by molar-refractivity contribution is -0.121. The molecule has 0 aliphatic rings. The van der Waals surface area contributed by atoms with E-state index in [0.717, 1.165) is 31.0 Å². The summed E-state index contributed by atoms with van der Waals surface area (Å²) in [5.41, 5.74) is 0.958. The first-order valence-electron chi connectivity index (χ1n) is 17.2. The quantitative estimate of drug-likeness (QED) is 0.137.